The van der Waals surface area contributed by atoms with Gasteiger partial charge in [0.1, 0.15) is 12.7 Å². The van der Waals surface area contributed by atoms with Gasteiger partial charge in [0.15, 0.2) is 0 Å². The number of alkyl carbamates (subject to hydrolysis) is 1. The molecule has 0 radical (unpaired) electrons. The van der Waals surface area contributed by atoms with E-state index in [1.54, 1.807) is 0 Å². The van der Waals surface area contributed by atoms with Gasteiger partial charge in [0.05, 0.1) is 12.5 Å². The monoisotopic (exact) mass is 326 g/mol. The molecule has 124 valence electrons. The average molecular weight is 326 g/mol. The van der Waals surface area contributed by atoms with Crippen LogP contribution in [0.5, 0.6) is 0 Å². The molecule has 0 heterocycles. The lowest BCUT2D eigenvalue weighted by atomic mass is 9.98. The van der Waals surface area contributed by atoms with Crippen molar-refractivity contribution in [2.75, 3.05) is 13.2 Å². The first-order valence-corrected chi connectivity index (χ1v) is 7.55. The van der Waals surface area contributed by atoms with Gasteiger partial charge in [-0.15, -0.1) is 0 Å². The maximum atomic E-state index is 11.7. The predicted molar refractivity (Wildman–Crippen MR) is 84.1 cm³/mol. The summed E-state index contributed by atoms with van der Waals surface area (Å²) in [5, 5.41) is 21.7. The van der Waals surface area contributed by atoms with Crippen LogP contribution in [0.3, 0.4) is 0 Å². The number of fused-ring (bicyclic) bond motifs is 3. The zero-order valence-corrected chi connectivity index (χ0v) is 12.8. The highest BCUT2D eigenvalue weighted by molar-refractivity contribution is 5.79. The van der Waals surface area contributed by atoms with Crippen molar-refractivity contribution in [2.24, 2.45) is 0 Å². The number of amides is 1. The second-order valence-corrected chi connectivity index (χ2v) is 5.54. The van der Waals surface area contributed by atoms with E-state index in [-0.39, 0.29) is 12.5 Å². The highest BCUT2D eigenvalue weighted by Gasteiger charge is 2.28. The van der Waals surface area contributed by atoms with Crippen LogP contribution in [0, 0.1) is 0 Å². The van der Waals surface area contributed by atoms with Gasteiger partial charge in [-0.1, -0.05) is 48.5 Å². The Hall–Kier alpha value is -2.86. The van der Waals surface area contributed by atoms with Crippen LogP contribution in [-0.4, -0.2) is 36.4 Å². The molecule has 0 spiro atoms. The molecule has 0 saturated heterocycles. The number of carboxylic acids is 1. The molecule has 0 fully saturated rings. The fourth-order valence-corrected chi connectivity index (χ4v) is 2.91. The molecule has 0 aromatic heterocycles. The van der Waals surface area contributed by atoms with Gasteiger partial charge in [0, 0.05) is 5.92 Å². The topological polar surface area (TPSA) is 98.7 Å². The molecule has 1 atom stereocenters. The highest BCUT2D eigenvalue weighted by atomic mass is 16.5. The number of carboxylic acid groups (broad SMARTS) is 1. The smallest absolute Gasteiger partial charge is 0.407 e. The molecule has 0 bridgehead atoms. The van der Waals surface area contributed by atoms with E-state index < -0.39 is 24.7 Å². The standard InChI is InChI=1S/C18H17NO5/c20-16(17(21)22)9-19-18(23)24-10-15-13-7-3-1-5-11(13)12-6-2-4-8-14(12)15/h1-8,15-16,20H,9-10H2,(H,19,23)(H,21,22)/p-1/t16-/m0/s1. The second kappa shape index (κ2) is 6.72. The molecular formula is C18H16NO5-. The van der Waals surface area contributed by atoms with Crippen molar-refractivity contribution in [1.82, 2.24) is 5.32 Å². The molecule has 1 aliphatic carbocycles. The van der Waals surface area contributed by atoms with E-state index in [2.05, 4.69) is 5.32 Å². The third-order valence-corrected chi connectivity index (χ3v) is 4.06. The van der Waals surface area contributed by atoms with Crippen molar-refractivity contribution in [3.63, 3.8) is 0 Å². The molecule has 2 aromatic carbocycles. The Balaban J connectivity index is 1.67. The van der Waals surface area contributed by atoms with Crippen LogP contribution in [0.15, 0.2) is 48.5 Å². The Morgan fingerprint density at radius 3 is 2.17 bits per heavy atom. The zero-order valence-electron chi connectivity index (χ0n) is 12.8. The Bertz CT molecular complexity index is 728. The van der Waals surface area contributed by atoms with E-state index in [1.807, 2.05) is 48.5 Å². The van der Waals surface area contributed by atoms with E-state index in [0.717, 1.165) is 22.3 Å². The van der Waals surface area contributed by atoms with E-state index in [0.29, 0.717) is 0 Å². The number of hydrogen-bond acceptors (Lipinski definition) is 5. The van der Waals surface area contributed by atoms with E-state index in [9.17, 15) is 14.7 Å². The van der Waals surface area contributed by atoms with Crippen LogP contribution in [0.25, 0.3) is 11.1 Å². The minimum absolute atomic E-state index is 0.0748. The molecule has 0 unspecified atom stereocenters. The van der Waals surface area contributed by atoms with Crippen LogP contribution in [0.1, 0.15) is 17.0 Å². The first kappa shape index (κ1) is 16.0. The summed E-state index contributed by atoms with van der Waals surface area (Å²) in [5.41, 5.74) is 4.41. The normalized spacial score (nSPS) is 13.7. The molecule has 24 heavy (non-hydrogen) atoms. The maximum Gasteiger partial charge on any atom is 0.407 e. The third-order valence-electron chi connectivity index (χ3n) is 4.06. The quantitative estimate of drug-likeness (QED) is 0.840. The zero-order chi connectivity index (χ0) is 17.1. The van der Waals surface area contributed by atoms with Crippen LogP contribution >= 0.6 is 0 Å². The summed E-state index contributed by atoms with van der Waals surface area (Å²) in [6, 6.07) is 15.9. The fraction of sp³-hybridized carbons (Fsp3) is 0.222. The largest absolute Gasteiger partial charge is 0.547 e. The second-order valence-electron chi connectivity index (χ2n) is 5.54. The van der Waals surface area contributed by atoms with Gasteiger partial charge >= 0.3 is 6.09 Å². The van der Waals surface area contributed by atoms with Gasteiger partial charge in [0.2, 0.25) is 0 Å². The van der Waals surface area contributed by atoms with Crippen molar-refractivity contribution in [3.05, 3.63) is 59.7 Å². The minimum atomic E-state index is -1.76. The number of carbonyl (C=O) groups is 2. The Morgan fingerprint density at radius 1 is 1.08 bits per heavy atom. The number of rotatable bonds is 5. The van der Waals surface area contributed by atoms with E-state index >= 15 is 0 Å². The summed E-state index contributed by atoms with van der Waals surface area (Å²) in [6.07, 6.45) is -2.54. The van der Waals surface area contributed by atoms with Crippen LogP contribution < -0.4 is 10.4 Å². The molecule has 6 heteroatoms. The Morgan fingerprint density at radius 2 is 1.62 bits per heavy atom. The first-order chi connectivity index (χ1) is 11.6. The number of aliphatic hydroxyl groups is 1. The molecule has 0 aliphatic heterocycles. The molecule has 2 N–H and O–H groups in total. The number of hydrogen-bond donors (Lipinski definition) is 2. The van der Waals surface area contributed by atoms with Crippen molar-refractivity contribution < 1.29 is 24.5 Å². The lowest BCUT2D eigenvalue weighted by molar-refractivity contribution is -0.314. The van der Waals surface area contributed by atoms with Crippen molar-refractivity contribution in [1.29, 1.82) is 0 Å². The highest BCUT2D eigenvalue weighted by Crippen LogP contribution is 2.44. The first-order valence-electron chi connectivity index (χ1n) is 7.55. The average Bonchev–Trinajstić information content (AvgIpc) is 2.92. The van der Waals surface area contributed by atoms with Gasteiger partial charge in [-0.2, -0.15) is 0 Å². The predicted octanol–water partition coefficient (Wildman–Crippen LogP) is 0.636. The van der Waals surface area contributed by atoms with Crippen LogP contribution in [0.2, 0.25) is 0 Å². The van der Waals surface area contributed by atoms with Crippen LogP contribution in [0.4, 0.5) is 4.79 Å². The van der Waals surface area contributed by atoms with Gasteiger partial charge in [-0.05, 0) is 22.3 Å². The molecule has 1 amide bonds. The molecule has 6 nitrogen and oxygen atoms in total. The summed E-state index contributed by atoms with van der Waals surface area (Å²) in [7, 11) is 0. The molecule has 0 saturated carbocycles. The van der Waals surface area contributed by atoms with E-state index in [4.69, 9.17) is 9.84 Å². The Kier molecular flexibility index (Phi) is 4.48. The molecular weight excluding hydrogens is 310 g/mol. The minimum Gasteiger partial charge on any atom is -0.547 e. The number of ether oxygens (including phenoxy) is 1. The summed E-state index contributed by atoms with van der Waals surface area (Å²) in [6.45, 7) is -0.333. The fourth-order valence-electron chi connectivity index (χ4n) is 2.91. The summed E-state index contributed by atoms with van der Waals surface area (Å²) >= 11 is 0. The molecule has 3 rings (SSSR count). The third kappa shape index (κ3) is 3.09. The number of aliphatic hydroxyl groups excluding tert-OH is 1. The van der Waals surface area contributed by atoms with Crippen molar-refractivity contribution in [3.8, 4) is 11.1 Å². The van der Waals surface area contributed by atoms with Gasteiger partial charge in [0.25, 0.3) is 0 Å². The maximum absolute atomic E-state index is 11.7. The summed E-state index contributed by atoms with van der Waals surface area (Å²) < 4.78 is 5.20. The summed E-state index contributed by atoms with van der Waals surface area (Å²) in [4.78, 5) is 22.1. The number of benzene rings is 2. The number of carbonyl (C=O) groups excluding carboxylic acids is 2. The molecule has 1 aliphatic rings. The van der Waals surface area contributed by atoms with Crippen molar-refractivity contribution >= 4 is 12.1 Å². The summed E-state index contributed by atoms with van der Waals surface area (Å²) in [5.74, 6) is -1.72. The lowest BCUT2D eigenvalue weighted by Crippen LogP contribution is -2.43. The van der Waals surface area contributed by atoms with E-state index in [1.165, 1.54) is 0 Å². The number of aliphatic carboxylic acids is 1. The van der Waals surface area contributed by atoms with Gasteiger partial charge < -0.3 is 25.1 Å². The lowest BCUT2D eigenvalue weighted by Gasteiger charge is -2.16. The Labute approximate surface area is 138 Å². The van der Waals surface area contributed by atoms with Crippen LogP contribution in [-0.2, 0) is 9.53 Å². The molecule has 2 aromatic rings. The SMILES string of the molecule is O=C(NC[C@H](O)C(=O)[O-])OCC1c2ccccc2-c2ccccc21. The van der Waals surface area contributed by atoms with Crippen molar-refractivity contribution in [2.45, 2.75) is 12.0 Å². The van der Waals surface area contributed by atoms with Gasteiger partial charge in [-0.3, -0.25) is 0 Å². The van der Waals surface area contributed by atoms with Gasteiger partial charge in [-0.25, -0.2) is 4.79 Å². The number of nitrogens with one attached hydrogen (secondary N) is 1.